The van der Waals surface area contributed by atoms with Gasteiger partial charge in [0.05, 0.1) is 24.9 Å². The third-order valence-corrected chi connectivity index (χ3v) is 4.85. The van der Waals surface area contributed by atoms with E-state index in [4.69, 9.17) is 4.74 Å². The maximum absolute atomic E-state index is 13.4. The lowest BCUT2D eigenvalue weighted by Crippen LogP contribution is -2.45. The number of ketones is 1. The lowest BCUT2D eigenvalue weighted by molar-refractivity contribution is -0.136. The zero-order chi connectivity index (χ0) is 21.7. The van der Waals surface area contributed by atoms with E-state index in [2.05, 4.69) is 9.97 Å². The second-order valence-electron chi connectivity index (χ2n) is 7.33. The number of hydrogen-bond donors (Lipinski definition) is 1. The zero-order valence-electron chi connectivity index (χ0n) is 17.9. The fourth-order valence-electron chi connectivity index (χ4n) is 3.28. The van der Waals surface area contributed by atoms with Crippen molar-refractivity contribution in [1.29, 1.82) is 0 Å². The van der Waals surface area contributed by atoms with E-state index in [-0.39, 0.29) is 36.5 Å². The van der Waals surface area contributed by atoms with Crippen LogP contribution in [0.2, 0.25) is 0 Å². The second kappa shape index (κ2) is 9.49. The molecule has 1 N–H and O–H groups in total. The number of ether oxygens (including phenoxy) is 1. The quantitative estimate of drug-likeness (QED) is 0.542. The van der Waals surface area contributed by atoms with E-state index < -0.39 is 12.0 Å². The summed E-state index contributed by atoms with van der Waals surface area (Å²) in [5, 5.41) is 0. The summed E-state index contributed by atoms with van der Waals surface area (Å²) in [6.07, 6.45) is 1.66. The number of hydrogen-bond acceptors (Lipinski definition) is 5. The van der Waals surface area contributed by atoms with Crippen molar-refractivity contribution in [2.45, 2.75) is 54.1 Å². The van der Waals surface area contributed by atoms with Gasteiger partial charge >= 0.3 is 5.97 Å². The zero-order valence-corrected chi connectivity index (χ0v) is 17.9. The van der Waals surface area contributed by atoms with Crippen molar-refractivity contribution in [3.8, 4) is 0 Å². The average molecular weight is 399 g/mol. The Balaban J connectivity index is 2.38. The monoisotopic (exact) mass is 399 g/mol. The molecule has 0 bridgehead atoms. The van der Waals surface area contributed by atoms with Gasteiger partial charge in [-0.25, -0.2) is 4.79 Å². The Kier molecular flexibility index (Phi) is 7.31. The number of H-pyrrole nitrogens is 1. The van der Waals surface area contributed by atoms with Crippen LogP contribution in [0.15, 0.2) is 24.4 Å². The smallest absolute Gasteiger partial charge is 0.355 e. The highest BCUT2D eigenvalue weighted by atomic mass is 16.5. The molecule has 0 unspecified atom stereocenters. The molecule has 0 fully saturated rings. The summed E-state index contributed by atoms with van der Waals surface area (Å²) in [6, 6.07) is 4.76. The van der Waals surface area contributed by atoms with Crippen molar-refractivity contribution >= 4 is 17.7 Å². The minimum absolute atomic E-state index is 0.132. The minimum atomic E-state index is -0.713. The fourth-order valence-corrected chi connectivity index (χ4v) is 3.28. The first kappa shape index (κ1) is 22.3. The first-order valence-electron chi connectivity index (χ1n) is 9.79. The van der Waals surface area contributed by atoms with Crippen molar-refractivity contribution in [3.63, 3.8) is 0 Å². The van der Waals surface area contributed by atoms with Gasteiger partial charge in [0, 0.05) is 23.4 Å². The molecular formula is C22H29N3O4. The van der Waals surface area contributed by atoms with Gasteiger partial charge in [0.25, 0.3) is 0 Å². The van der Waals surface area contributed by atoms with Crippen LogP contribution in [0.1, 0.15) is 65.5 Å². The number of aryl methyl sites for hydroxylation is 1. The first-order chi connectivity index (χ1) is 13.7. The molecule has 0 radical (unpaired) electrons. The number of aromatic amines is 1. The predicted molar refractivity (Wildman–Crippen MR) is 110 cm³/mol. The molecule has 2 aromatic heterocycles. The normalized spacial score (nSPS) is 12.0. The number of esters is 1. The molecule has 0 aliphatic rings. The van der Waals surface area contributed by atoms with Crippen LogP contribution >= 0.6 is 0 Å². The number of nitrogens with zero attached hydrogens (tertiary/aromatic N) is 2. The van der Waals surface area contributed by atoms with Gasteiger partial charge in [0.1, 0.15) is 5.69 Å². The Labute approximate surface area is 171 Å². The summed E-state index contributed by atoms with van der Waals surface area (Å²) in [6.45, 7) is 11.0. The van der Waals surface area contributed by atoms with E-state index in [1.165, 1.54) is 0 Å². The highest BCUT2D eigenvalue weighted by Crippen LogP contribution is 2.23. The molecule has 0 aromatic carbocycles. The molecule has 2 aromatic rings. The van der Waals surface area contributed by atoms with Crippen LogP contribution in [0.3, 0.4) is 0 Å². The SMILES string of the molecule is CCOC(=O)c1[nH]c(C)c(C(=O)[C@@H](C)N(Cc2ccccn2)C(=O)C(C)C)c1C. The number of carbonyl (C=O) groups excluding carboxylic acids is 3. The van der Waals surface area contributed by atoms with E-state index in [9.17, 15) is 14.4 Å². The number of rotatable bonds is 8. The number of Topliss-reactive ketones (excluding diaryl/α,β-unsaturated/α-hetero) is 1. The van der Waals surface area contributed by atoms with Gasteiger partial charge in [-0.3, -0.25) is 14.6 Å². The van der Waals surface area contributed by atoms with Crippen LogP contribution in [-0.4, -0.2) is 45.2 Å². The molecule has 0 saturated carbocycles. The van der Waals surface area contributed by atoms with E-state index >= 15 is 0 Å². The maximum Gasteiger partial charge on any atom is 0.355 e. The van der Waals surface area contributed by atoms with Gasteiger partial charge in [-0.2, -0.15) is 0 Å². The average Bonchev–Trinajstić information content (AvgIpc) is 2.99. The minimum Gasteiger partial charge on any atom is -0.461 e. The molecule has 0 spiro atoms. The molecule has 7 nitrogen and oxygen atoms in total. The van der Waals surface area contributed by atoms with E-state index in [0.29, 0.717) is 22.5 Å². The molecule has 2 rings (SSSR count). The van der Waals surface area contributed by atoms with Crippen molar-refractivity contribution < 1.29 is 19.1 Å². The molecule has 0 aliphatic heterocycles. The van der Waals surface area contributed by atoms with Crippen LogP contribution in [0.4, 0.5) is 0 Å². The van der Waals surface area contributed by atoms with Crippen LogP contribution in [-0.2, 0) is 16.1 Å². The Hall–Kier alpha value is -2.96. The summed E-state index contributed by atoms with van der Waals surface area (Å²) >= 11 is 0. The van der Waals surface area contributed by atoms with Gasteiger partial charge in [0.2, 0.25) is 5.91 Å². The Morgan fingerprint density at radius 1 is 1.17 bits per heavy atom. The Morgan fingerprint density at radius 3 is 2.41 bits per heavy atom. The number of carbonyl (C=O) groups is 3. The van der Waals surface area contributed by atoms with Gasteiger partial charge in [0.15, 0.2) is 5.78 Å². The standard InChI is InChI=1S/C22H29N3O4/c1-7-29-22(28)19-14(4)18(15(5)24-19)20(26)16(6)25(21(27)13(2)3)12-17-10-8-9-11-23-17/h8-11,13,16,24H,7,12H2,1-6H3/t16-/m1/s1. The van der Waals surface area contributed by atoms with Crippen molar-refractivity contribution in [3.05, 3.63) is 52.6 Å². The molecule has 0 saturated heterocycles. The molecule has 156 valence electrons. The molecule has 29 heavy (non-hydrogen) atoms. The number of amides is 1. The van der Waals surface area contributed by atoms with Crippen LogP contribution in [0, 0.1) is 19.8 Å². The number of pyridine rings is 1. The van der Waals surface area contributed by atoms with Gasteiger partial charge < -0.3 is 14.6 Å². The summed E-state index contributed by atoms with van der Waals surface area (Å²) < 4.78 is 5.06. The van der Waals surface area contributed by atoms with Gasteiger partial charge in [-0.15, -0.1) is 0 Å². The van der Waals surface area contributed by atoms with Crippen molar-refractivity contribution in [2.24, 2.45) is 5.92 Å². The molecular weight excluding hydrogens is 370 g/mol. The second-order valence-corrected chi connectivity index (χ2v) is 7.33. The molecule has 7 heteroatoms. The molecule has 1 amide bonds. The lowest BCUT2D eigenvalue weighted by Gasteiger charge is -2.30. The summed E-state index contributed by atoms with van der Waals surface area (Å²) in [5.41, 5.74) is 2.51. The molecule has 2 heterocycles. The lowest BCUT2D eigenvalue weighted by atomic mass is 9.98. The summed E-state index contributed by atoms with van der Waals surface area (Å²) in [4.78, 5) is 47.2. The highest BCUT2D eigenvalue weighted by Gasteiger charge is 2.32. The first-order valence-corrected chi connectivity index (χ1v) is 9.79. The summed E-state index contributed by atoms with van der Waals surface area (Å²) in [7, 11) is 0. The molecule has 1 atom stereocenters. The third-order valence-electron chi connectivity index (χ3n) is 4.85. The van der Waals surface area contributed by atoms with Crippen molar-refractivity contribution in [1.82, 2.24) is 14.9 Å². The van der Waals surface area contributed by atoms with Crippen LogP contribution in [0.5, 0.6) is 0 Å². The third kappa shape index (κ3) is 4.91. The fraction of sp³-hybridized carbons (Fsp3) is 0.455. The van der Waals surface area contributed by atoms with Crippen molar-refractivity contribution in [2.75, 3.05) is 6.61 Å². The van der Waals surface area contributed by atoms with Crippen LogP contribution < -0.4 is 0 Å². The Bertz CT molecular complexity index is 887. The predicted octanol–water partition coefficient (Wildman–Crippen LogP) is 3.46. The van der Waals surface area contributed by atoms with E-state index in [1.807, 2.05) is 12.1 Å². The maximum atomic E-state index is 13.4. The van der Waals surface area contributed by atoms with Gasteiger partial charge in [-0.1, -0.05) is 19.9 Å². The van der Waals surface area contributed by atoms with E-state index in [0.717, 1.165) is 0 Å². The largest absolute Gasteiger partial charge is 0.461 e. The highest BCUT2D eigenvalue weighted by molar-refractivity contribution is 6.06. The number of nitrogens with one attached hydrogen (secondary N) is 1. The topological polar surface area (TPSA) is 92.4 Å². The van der Waals surface area contributed by atoms with Crippen LogP contribution in [0.25, 0.3) is 0 Å². The number of aromatic nitrogens is 2. The van der Waals surface area contributed by atoms with E-state index in [1.54, 1.807) is 58.7 Å². The summed E-state index contributed by atoms with van der Waals surface area (Å²) in [5.74, 6) is -1.12. The molecule has 0 aliphatic carbocycles. The van der Waals surface area contributed by atoms with Gasteiger partial charge in [-0.05, 0) is 45.4 Å². The Morgan fingerprint density at radius 2 is 1.86 bits per heavy atom.